The van der Waals surface area contributed by atoms with Crippen LogP contribution >= 0.6 is 0 Å². The lowest BCUT2D eigenvalue weighted by atomic mass is 9.96. The van der Waals surface area contributed by atoms with Gasteiger partial charge in [0.1, 0.15) is 0 Å². The Balaban J connectivity index is 2.78. The molecular weight excluding hydrogens is 162 g/mol. The first-order valence-electron chi connectivity index (χ1n) is 4.66. The first kappa shape index (κ1) is 10.2. The molecule has 3 heteroatoms. The van der Waals surface area contributed by atoms with Gasteiger partial charge in [-0.1, -0.05) is 26.3 Å². The van der Waals surface area contributed by atoms with Crippen molar-refractivity contribution < 1.29 is 0 Å². The number of hydrazine groups is 1. The standard InChI is InChI=1S/C10H17N3/c1-3-8(2)10(13-11)9-6-4-5-7-12-9/h4-8,10,13H,3,11H2,1-2H3. The molecule has 13 heavy (non-hydrogen) atoms. The van der Waals surface area contributed by atoms with Crippen molar-refractivity contribution in [2.24, 2.45) is 11.8 Å². The smallest absolute Gasteiger partial charge is 0.0657 e. The molecule has 3 nitrogen and oxygen atoms in total. The highest BCUT2D eigenvalue weighted by atomic mass is 15.2. The van der Waals surface area contributed by atoms with E-state index in [4.69, 9.17) is 5.84 Å². The summed E-state index contributed by atoms with van der Waals surface area (Å²) in [6.45, 7) is 4.32. The molecule has 3 N–H and O–H groups in total. The number of rotatable bonds is 4. The number of nitrogens with two attached hydrogens (primary N) is 1. The highest BCUT2D eigenvalue weighted by Gasteiger charge is 2.16. The van der Waals surface area contributed by atoms with Crippen LogP contribution in [0.15, 0.2) is 24.4 Å². The molecule has 0 amide bonds. The summed E-state index contributed by atoms with van der Waals surface area (Å²) in [7, 11) is 0. The van der Waals surface area contributed by atoms with Crippen LogP contribution in [-0.4, -0.2) is 4.98 Å². The van der Waals surface area contributed by atoms with Gasteiger partial charge in [-0.25, -0.2) is 0 Å². The van der Waals surface area contributed by atoms with Gasteiger partial charge < -0.3 is 0 Å². The first-order valence-corrected chi connectivity index (χ1v) is 4.66. The molecule has 0 aliphatic carbocycles. The van der Waals surface area contributed by atoms with Crippen LogP contribution in [-0.2, 0) is 0 Å². The molecule has 1 rings (SSSR count). The fraction of sp³-hybridized carbons (Fsp3) is 0.500. The van der Waals surface area contributed by atoms with Gasteiger partial charge in [0.15, 0.2) is 0 Å². The summed E-state index contributed by atoms with van der Waals surface area (Å²) < 4.78 is 0. The fourth-order valence-electron chi connectivity index (χ4n) is 1.34. The minimum atomic E-state index is 0.159. The summed E-state index contributed by atoms with van der Waals surface area (Å²) in [5.74, 6) is 5.99. The maximum Gasteiger partial charge on any atom is 0.0657 e. The maximum atomic E-state index is 5.49. The summed E-state index contributed by atoms with van der Waals surface area (Å²) in [4.78, 5) is 4.28. The van der Waals surface area contributed by atoms with Crippen LogP contribution in [0, 0.1) is 5.92 Å². The molecular formula is C10H17N3. The lowest BCUT2D eigenvalue weighted by Crippen LogP contribution is -2.32. The molecule has 0 saturated carbocycles. The van der Waals surface area contributed by atoms with Gasteiger partial charge in [-0.3, -0.25) is 16.3 Å². The molecule has 1 heterocycles. The Hall–Kier alpha value is -0.930. The maximum absolute atomic E-state index is 5.49. The van der Waals surface area contributed by atoms with Crippen molar-refractivity contribution in [2.45, 2.75) is 26.3 Å². The van der Waals surface area contributed by atoms with Gasteiger partial charge in [-0.15, -0.1) is 0 Å². The van der Waals surface area contributed by atoms with E-state index in [0.717, 1.165) is 12.1 Å². The average molecular weight is 179 g/mol. The Kier molecular flexibility index (Phi) is 3.86. The van der Waals surface area contributed by atoms with Crippen molar-refractivity contribution >= 4 is 0 Å². The van der Waals surface area contributed by atoms with E-state index in [1.54, 1.807) is 6.20 Å². The number of nitrogens with one attached hydrogen (secondary N) is 1. The highest BCUT2D eigenvalue weighted by molar-refractivity contribution is 5.09. The van der Waals surface area contributed by atoms with Crippen molar-refractivity contribution in [3.05, 3.63) is 30.1 Å². The molecule has 2 unspecified atom stereocenters. The molecule has 0 aromatic carbocycles. The summed E-state index contributed by atoms with van der Waals surface area (Å²) in [5.41, 5.74) is 3.82. The Labute approximate surface area is 79.3 Å². The molecule has 1 aromatic heterocycles. The third kappa shape index (κ3) is 2.50. The number of hydrogen-bond acceptors (Lipinski definition) is 3. The summed E-state index contributed by atoms with van der Waals surface area (Å²) >= 11 is 0. The van der Waals surface area contributed by atoms with Crippen LogP contribution in [0.1, 0.15) is 32.0 Å². The Morgan fingerprint density at radius 2 is 2.31 bits per heavy atom. The highest BCUT2D eigenvalue weighted by Crippen LogP contribution is 2.20. The zero-order valence-corrected chi connectivity index (χ0v) is 8.20. The van der Waals surface area contributed by atoms with Gasteiger partial charge in [-0.05, 0) is 18.1 Å². The van der Waals surface area contributed by atoms with Crippen LogP contribution < -0.4 is 11.3 Å². The largest absolute Gasteiger partial charge is 0.271 e. The van der Waals surface area contributed by atoms with E-state index in [1.807, 2.05) is 18.2 Å². The van der Waals surface area contributed by atoms with Crippen LogP contribution in [0.5, 0.6) is 0 Å². The molecule has 0 saturated heterocycles. The van der Waals surface area contributed by atoms with E-state index in [9.17, 15) is 0 Å². The summed E-state index contributed by atoms with van der Waals surface area (Å²) in [6.07, 6.45) is 2.88. The van der Waals surface area contributed by atoms with Crippen molar-refractivity contribution in [2.75, 3.05) is 0 Å². The molecule has 0 aliphatic rings. The minimum absolute atomic E-state index is 0.159. The van der Waals surface area contributed by atoms with Crippen LogP contribution in [0.25, 0.3) is 0 Å². The zero-order chi connectivity index (χ0) is 9.68. The lowest BCUT2D eigenvalue weighted by molar-refractivity contribution is 0.375. The Morgan fingerprint density at radius 3 is 2.77 bits per heavy atom. The third-order valence-corrected chi connectivity index (χ3v) is 2.40. The predicted octanol–water partition coefficient (Wildman–Crippen LogP) is 1.63. The number of pyridine rings is 1. The van der Waals surface area contributed by atoms with Gasteiger partial charge in [0, 0.05) is 6.20 Å². The topological polar surface area (TPSA) is 50.9 Å². The van der Waals surface area contributed by atoms with E-state index in [0.29, 0.717) is 5.92 Å². The SMILES string of the molecule is CCC(C)C(NN)c1ccccn1. The molecule has 0 fully saturated rings. The van der Waals surface area contributed by atoms with E-state index in [2.05, 4.69) is 24.3 Å². The second-order valence-electron chi connectivity index (χ2n) is 3.28. The van der Waals surface area contributed by atoms with E-state index < -0.39 is 0 Å². The van der Waals surface area contributed by atoms with E-state index in [1.165, 1.54) is 0 Å². The van der Waals surface area contributed by atoms with Crippen molar-refractivity contribution in [3.8, 4) is 0 Å². The van der Waals surface area contributed by atoms with Gasteiger partial charge in [-0.2, -0.15) is 0 Å². The second kappa shape index (κ2) is 4.94. The molecule has 0 bridgehead atoms. The lowest BCUT2D eigenvalue weighted by Gasteiger charge is -2.21. The van der Waals surface area contributed by atoms with Crippen LogP contribution in [0.4, 0.5) is 0 Å². The molecule has 2 atom stereocenters. The normalized spacial score (nSPS) is 15.3. The number of nitrogens with zero attached hydrogens (tertiary/aromatic N) is 1. The fourth-order valence-corrected chi connectivity index (χ4v) is 1.34. The summed E-state index contributed by atoms with van der Waals surface area (Å²) in [6, 6.07) is 6.05. The molecule has 0 radical (unpaired) electrons. The second-order valence-corrected chi connectivity index (χ2v) is 3.28. The monoisotopic (exact) mass is 179 g/mol. The van der Waals surface area contributed by atoms with E-state index in [-0.39, 0.29) is 6.04 Å². The molecule has 0 aliphatic heterocycles. The third-order valence-electron chi connectivity index (χ3n) is 2.40. The van der Waals surface area contributed by atoms with E-state index >= 15 is 0 Å². The van der Waals surface area contributed by atoms with Gasteiger partial charge in [0.05, 0.1) is 11.7 Å². The Morgan fingerprint density at radius 1 is 1.54 bits per heavy atom. The molecule has 0 spiro atoms. The quantitative estimate of drug-likeness (QED) is 0.545. The summed E-state index contributed by atoms with van der Waals surface area (Å²) in [5, 5.41) is 0. The van der Waals surface area contributed by atoms with Gasteiger partial charge in [0.2, 0.25) is 0 Å². The van der Waals surface area contributed by atoms with Crippen molar-refractivity contribution in [1.29, 1.82) is 0 Å². The van der Waals surface area contributed by atoms with Crippen LogP contribution in [0.3, 0.4) is 0 Å². The molecule has 72 valence electrons. The first-order chi connectivity index (χ1) is 6.29. The minimum Gasteiger partial charge on any atom is -0.271 e. The van der Waals surface area contributed by atoms with Gasteiger partial charge >= 0.3 is 0 Å². The van der Waals surface area contributed by atoms with Crippen molar-refractivity contribution in [1.82, 2.24) is 10.4 Å². The van der Waals surface area contributed by atoms with Crippen molar-refractivity contribution in [3.63, 3.8) is 0 Å². The Bertz CT molecular complexity index is 235. The molecule has 1 aromatic rings. The zero-order valence-electron chi connectivity index (χ0n) is 8.20. The average Bonchev–Trinajstić information content (AvgIpc) is 2.20. The predicted molar refractivity (Wildman–Crippen MR) is 53.8 cm³/mol. The number of aromatic nitrogens is 1. The van der Waals surface area contributed by atoms with Crippen LogP contribution in [0.2, 0.25) is 0 Å². The number of hydrogen-bond donors (Lipinski definition) is 2. The van der Waals surface area contributed by atoms with Gasteiger partial charge in [0.25, 0.3) is 0 Å².